The van der Waals surface area contributed by atoms with E-state index in [1.165, 1.54) is 11.3 Å². The Morgan fingerprint density at radius 2 is 1.95 bits per heavy atom. The molecule has 4 nitrogen and oxygen atoms in total. The van der Waals surface area contributed by atoms with E-state index in [2.05, 4.69) is 17.5 Å². The molecule has 0 bridgehead atoms. The van der Waals surface area contributed by atoms with Crippen molar-refractivity contribution < 1.29 is 4.79 Å². The van der Waals surface area contributed by atoms with Crippen LogP contribution in [0.1, 0.15) is 33.6 Å². The highest BCUT2D eigenvalue weighted by molar-refractivity contribution is 7.16. The van der Waals surface area contributed by atoms with Gasteiger partial charge in [-0.3, -0.25) is 4.79 Å². The minimum Gasteiger partial charge on any atom is -0.317 e. The molecule has 0 unspecified atom stereocenters. The summed E-state index contributed by atoms with van der Waals surface area (Å²) in [4.78, 5) is 13.1. The molecule has 0 fully saturated rings. The van der Waals surface area contributed by atoms with E-state index in [-0.39, 0.29) is 12.3 Å². The maximum absolute atomic E-state index is 12.1. The Bertz CT molecular complexity index is 793. The molecule has 1 aromatic heterocycles. The van der Waals surface area contributed by atoms with Gasteiger partial charge in [0.05, 0.1) is 17.2 Å². The third kappa shape index (κ3) is 3.33. The number of nitrogens with zero attached hydrogens (tertiary/aromatic N) is 2. The molecule has 1 amide bonds. The first-order valence-corrected chi connectivity index (χ1v) is 7.66. The zero-order valence-electron chi connectivity index (χ0n) is 12.4. The third-order valence-corrected chi connectivity index (χ3v) is 4.63. The van der Waals surface area contributed by atoms with Gasteiger partial charge in [-0.2, -0.15) is 10.5 Å². The number of hydrogen-bond acceptors (Lipinski definition) is 4. The summed E-state index contributed by atoms with van der Waals surface area (Å²) in [6.45, 7) is 3.81. The van der Waals surface area contributed by atoms with Gasteiger partial charge >= 0.3 is 0 Å². The number of thiophene rings is 1. The van der Waals surface area contributed by atoms with Gasteiger partial charge in [0.1, 0.15) is 11.1 Å². The molecule has 5 heteroatoms. The molecule has 2 rings (SSSR count). The van der Waals surface area contributed by atoms with Gasteiger partial charge in [0.2, 0.25) is 5.91 Å². The highest BCUT2D eigenvalue weighted by Gasteiger charge is 2.14. The Balaban J connectivity index is 2.04. The Kier molecular flexibility index (Phi) is 4.93. The van der Waals surface area contributed by atoms with E-state index in [4.69, 9.17) is 5.26 Å². The van der Waals surface area contributed by atoms with Gasteiger partial charge in [0, 0.05) is 11.3 Å². The fourth-order valence-corrected chi connectivity index (χ4v) is 3.16. The van der Waals surface area contributed by atoms with Gasteiger partial charge in [-0.25, -0.2) is 0 Å². The molecule has 0 radical (unpaired) electrons. The molecule has 0 aliphatic heterocycles. The van der Waals surface area contributed by atoms with Gasteiger partial charge in [-0.05, 0) is 37.5 Å². The van der Waals surface area contributed by atoms with Crippen LogP contribution in [0.2, 0.25) is 0 Å². The average molecular weight is 309 g/mol. The van der Waals surface area contributed by atoms with E-state index in [9.17, 15) is 10.1 Å². The number of nitrogens with one attached hydrogen (secondary N) is 1. The summed E-state index contributed by atoms with van der Waals surface area (Å²) in [6, 6.07) is 11.5. The zero-order valence-corrected chi connectivity index (χ0v) is 13.3. The largest absolute Gasteiger partial charge is 0.317 e. The summed E-state index contributed by atoms with van der Waals surface area (Å²) in [7, 11) is 0. The summed E-state index contributed by atoms with van der Waals surface area (Å²) < 4.78 is 0. The first-order valence-electron chi connectivity index (χ1n) is 6.84. The highest BCUT2D eigenvalue weighted by atomic mass is 32.1. The monoisotopic (exact) mass is 309 g/mol. The van der Waals surface area contributed by atoms with Crippen molar-refractivity contribution in [3.05, 3.63) is 51.4 Å². The molecular formula is C17H15N3OS. The predicted octanol–water partition coefficient (Wildman–Crippen LogP) is 3.68. The van der Waals surface area contributed by atoms with Crippen LogP contribution in [-0.4, -0.2) is 5.91 Å². The van der Waals surface area contributed by atoms with Crippen LogP contribution in [0.3, 0.4) is 0 Å². The molecule has 22 heavy (non-hydrogen) atoms. The molecule has 0 aliphatic carbocycles. The van der Waals surface area contributed by atoms with Crippen LogP contribution < -0.4 is 5.32 Å². The van der Waals surface area contributed by atoms with E-state index in [0.717, 1.165) is 16.0 Å². The van der Waals surface area contributed by atoms with Crippen molar-refractivity contribution >= 4 is 22.2 Å². The van der Waals surface area contributed by atoms with Crippen LogP contribution in [0.15, 0.2) is 24.3 Å². The van der Waals surface area contributed by atoms with Crippen molar-refractivity contribution in [3.8, 4) is 12.1 Å². The SMILES string of the molecule is Cc1sc(NC(=O)CCc2ccccc2C#N)c(C#N)c1C. The van der Waals surface area contributed by atoms with E-state index < -0.39 is 0 Å². The fourth-order valence-electron chi connectivity index (χ4n) is 2.13. The van der Waals surface area contributed by atoms with E-state index in [1.807, 2.05) is 26.0 Å². The summed E-state index contributed by atoms with van der Waals surface area (Å²) in [5.41, 5.74) is 2.90. The van der Waals surface area contributed by atoms with Crippen LogP contribution in [0, 0.1) is 36.5 Å². The van der Waals surface area contributed by atoms with Crippen LogP contribution in [0.25, 0.3) is 0 Å². The Labute approximate surface area is 133 Å². The van der Waals surface area contributed by atoms with Gasteiger partial charge < -0.3 is 5.32 Å². The van der Waals surface area contributed by atoms with Crippen LogP contribution in [0.5, 0.6) is 0 Å². The van der Waals surface area contributed by atoms with E-state index in [0.29, 0.717) is 22.5 Å². The summed E-state index contributed by atoms with van der Waals surface area (Å²) in [5.74, 6) is -0.148. The number of carbonyl (C=O) groups excluding carboxylic acids is 1. The van der Waals surface area contributed by atoms with Gasteiger partial charge in [0.25, 0.3) is 0 Å². The minimum atomic E-state index is -0.148. The van der Waals surface area contributed by atoms with Gasteiger partial charge in [0.15, 0.2) is 0 Å². The molecular weight excluding hydrogens is 294 g/mol. The minimum absolute atomic E-state index is 0.148. The fraction of sp³-hybridized carbons (Fsp3) is 0.235. The Morgan fingerprint density at radius 3 is 2.64 bits per heavy atom. The number of carbonyl (C=O) groups is 1. The van der Waals surface area contributed by atoms with Crippen LogP contribution in [-0.2, 0) is 11.2 Å². The van der Waals surface area contributed by atoms with Crippen molar-refractivity contribution in [1.82, 2.24) is 0 Å². The molecule has 2 aromatic rings. The summed E-state index contributed by atoms with van der Waals surface area (Å²) >= 11 is 1.42. The van der Waals surface area contributed by atoms with E-state index in [1.54, 1.807) is 12.1 Å². The predicted molar refractivity (Wildman–Crippen MR) is 86.6 cm³/mol. The second-order valence-corrected chi connectivity index (χ2v) is 6.14. The number of amides is 1. The standard InChI is InChI=1S/C17H15N3OS/c1-11-12(2)22-17(15(11)10-19)20-16(21)8-7-13-5-3-4-6-14(13)9-18/h3-6H,7-8H2,1-2H3,(H,20,21). The molecule has 0 atom stereocenters. The third-order valence-electron chi connectivity index (χ3n) is 3.51. The van der Waals surface area contributed by atoms with Crippen LogP contribution >= 0.6 is 11.3 Å². The van der Waals surface area contributed by atoms with Crippen LogP contribution in [0.4, 0.5) is 5.00 Å². The van der Waals surface area contributed by atoms with Gasteiger partial charge in [-0.15, -0.1) is 11.3 Å². The second-order valence-electron chi connectivity index (χ2n) is 4.92. The topological polar surface area (TPSA) is 76.7 Å². The summed E-state index contributed by atoms with van der Waals surface area (Å²) in [6.07, 6.45) is 0.778. The molecule has 0 saturated carbocycles. The van der Waals surface area contributed by atoms with Crippen molar-refractivity contribution in [2.75, 3.05) is 5.32 Å². The lowest BCUT2D eigenvalue weighted by molar-refractivity contribution is -0.116. The number of rotatable bonds is 4. The normalized spacial score (nSPS) is 9.82. The number of anilines is 1. The molecule has 0 aliphatic rings. The number of aryl methyl sites for hydroxylation is 2. The quantitative estimate of drug-likeness (QED) is 0.936. The zero-order chi connectivity index (χ0) is 16.1. The molecule has 110 valence electrons. The maximum atomic E-state index is 12.1. The molecule has 0 spiro atoms. The Morgan fingerprint density at radius 1 is 1.23 bits per heavy atom. The lowest BCUT2D eigenvalue weighted by Gasteiger charge is -2.05. The van der Waals surface area contributed by atoms with Crippen molar-refractivity contribution in [2.24, 2.45) is 0 Å². The Hall–Kier alpha value is -2.63. The smallest absolute Gasteiger partial charge is 0.225 e. The molecule has 0 saturated heterocycles. The van der Waals surface area contributed by atoms with Crippen molar-refractivity contribution in [2.45, 2.75) is 26.7 Å². The molecule has 1 aromatic carbocycles. The average Bonchev–Trinajstić information content (AvgIpc) is 2.79. The van der Waals surface area contributed by atoms with Crippen molar-refractivity contribution in [3.63, 3.8) is 0 Å². The lowest BCUT2D eigenvalue weighted by Crippen LogP contribution is -2.12. The lowest BCUT2D eigenvalue weighted by atomic mass is 10.0. The maximum Gasteiger partial charge on any atom is 0.225 e. The number of nitriles is 2. The highest BCUT2D eigenvalue weighted by Crippen LogP contribution is 2.31. The number of hydrogen-bond donors (Lipinski definition) is 1. The number of benzene rings is 1. The second kappa shape index (κ2) is 6.89. The van der Waals surface area contributed by atoms with Gasteiger partial charge in [-0.1, -0.05) is 18.2 Å². The van der Waals surface area contributed by atoms with Crippen molar-refractivity contribution in [1.29, 1.82) is 10.5 Å². The molecule has 1 N–H and O–H groups in total. The first kappa shape index (κ1) is 15.8. The summed E-state index contributed by atoms with van der Waals surface area (Å²) in [5, 5.41) is 21.6. The first-order chi connectivity index (χ1) is 10.6. The molecule has 1 heterocycles. The van der Waals surface area contributed by atoms with E-state index >= 15 is 0 Å².